The molecule has 0 aliphatic rings. The number of nitrogens with zero attached hydrogens (tertiary/aromatic N) is 1. The maximum Gasteiger partial charge on any atom is 0.243 e. The lowest BCUT2D eigenvalue weighted by Crippen LogP contribution is -2.35. The van der Waals surface area contributed by atoms with Crippen LogP contribution in [0.1, 0.15) is 11.1 Å². The van der Waals surface area contributed by atoms with Gasteiger partial charge in [0, 0.05) is 17.2 Å². The highest BCUT2D eigenvalue weighted by molar-refractivity contribution is 9.10. The van der Waals surface area contributed by atoms with Gasteiger partial charge in [0.2, 0.25) is 11.8 Å². The van der Waals surface area contributed by atoms with Crippen LogP contribution < -0.4 is 5.32 Å². The van der Waals surface area contributed by atoms with E-state index in [1.54, 1.807) is 19.2 Å². The highest BCUT2D eigenvalue weighted by atomic mass is 79.9. The Bertz CT molecular complexity index is 744. The Balaban J connectivity index is 1.90. The van der Waals surface area contributed by atoms with Crippen molar-refractivity contribution in [2.45, 2.75) is 13.3 Å². The number of carbonyl (C=O) groups excluding carboxylic acids is 2. The lowest BCUT2D eigenvalue weighted by Gasteiger charge is -2.17. The molecule has 0 saturated carbocycles. The van der Waals surface area contributed by atoms with E-state index in [0.29, 0.717) is 0 Å². The van der Waals surface area contributed by atoms with Crippen LogP contribution in [0.4, 0.5) is 5.69 Å². The normalized spacial score (nSPS) is 10.3. The number of hydrogen-bond donors (Lipinski definition) is 2. The van der Waals surface area contributed by atoms with Crippen LogP contribution in [-0.2, 0) is 16.0 Å². The largest absolute Gasteiger partial charge is 0.508 e. The molecule has 0 aromatic heterocycles. The molecule has 126 valence electrons. The third kappa shape index (κ3) is 5.09. The Morgan fingerprint density at radius 2 is 1.83 bits per heavy atom. The second-order valence-electron chi connectivity index (χ2n) is 5.60. The van der Waals surface area contributed by atoms with E-state index < -0.39 is 0 Å². The Morgan fingerprint density at radius 1 is 1.17 bits per heavy atom. The van der Waals surface area contributed by atoms with Crippen LogP contribution in [0.3, 0.4) is 0 Å². The molecule has 0 bridgehead atoms. The average Bonchev–Trinajstić information content (AvgIpc) is 2.52. The molecule has 0 spiro atoms. The van der Waals surface area contributed by atoms with Crippen LogP contribution in [0.15, 0.2) is 46.9 Å². The summed E-state index contributed by atoms with van der Waals surface area (Å²) in [7, 11) is 1.59. The van der Waals surface area contributed by atoms with Gasteiger partial charge in [-0.05, 0) is 48.4 Å². The van der Waals surface area contributed by atoms with E-state index in [1.807, 2.05) is 25.1 Å². The molecular weight excluding hydrogens is 372 g/mol. The van der Waals surface area contributed by atoms with Gasteiger partial charge >= 0.3 is 0 Å². The summed E-state index contributed by atoms with van der Waals surface area (Å²) in [5.74, 6) is -0.255. The zero-order valence-electron chi connectivity index (χ0n) is 13.5. The zero-order chi connectivity index (χ0) is 17.7. The van der Waals surface area contributed by atoms with Crippen LogP contribution >= 0.6 is 15.9 Å². The highest BCUT2D eigenvalue weighted by Gasteiger charge is 2.14. The van der Waals surface area contributed by atoms with Gasteiger partial charge in [0.05, 0.1) is 13.0 Å². The Morgan fingerprint density at radius 3 is 2.46 bits per heavy atom. The van der Waals surface area contributed by atoms with E-state index in [0.717, 1.165) is 21.3 Å². The van der Waals surface area contributed by atoms with Crippen molar-refractivity contribution < 1.29 is 14.7 Å². The molecule has 2 rings (SSSR count). The minimum absolute atomic E-state index is 0.0214. The second-order valence-corrected chi connectivity index (χ2v) is 6.52. The van der Waals surface area contributed by atoms with E-state index in [9.17, 15) is 14.7 Å². The third-order valence-electron chi connectivity index (χ3n) is 3.56. The maximum atomic E-state index is 12.2. The van der Waals surface area contributed by atoms with Crippen molar-refractivity contribution in [3.05, 3.63) is 58.1 Å². The van der Waals surface area contributed by atoms with Crippen LogP contribution in [0.25, 0.3) is 0 Å². The molecule has 5 nitrogen and oxygen atoms in total. The molecule has 6 heteroatoms. The predicted octanol–water partition coefficient (Wildman–Crippen LogP) is 3.10. The molecule has 0 unspecified atom stereocenters. The summed E-state index contributed by atoms with van der Waals surface area (Å²) in [6, 6.07) is 12.0. The number of halogens is 1. The molecule has 0 heterocycles. The topological polar surface area (TPSA) is 69.6 Å². The van der Waals surface area contributed by atoms with Crippen LogP contribution in [0.5, 0.6) is 5.75 Å². The minimum atomic E-state index is -0.248. The molecular formula is C18H19BrN2O3. The first-order valence-corrected chi connectivity index (χ1v) is 8.22. The fourth-order valence-corrected chi connectivity index (χ4v) is 2.66. The first kappa shape index (κ1) is 18.0. The number of carbonyl (C=O) groups is 2. The Kier molecular flexibility index (Phi) is 5.98. The number of phenols is 1. The molecule has 0 radical (unpaired) electrons. The molecule has 0 atom stereocenters. The van der Waals surface area contributed by atoms with E-state index in [-0.39, 0.29) is 30.5 Å². The number of likely N-dealkylation sites (N-methyl/N-ethyl adjacent to an activating group) is 1. The average molecular weight is 391 g/mol. The summed E-state index contributed by atoms with van der Waals surface area (Å²) in [4.78, 5) is 25.7. The number of amides is 2. The summed E-state index contributed by atoms with van der Waals surface area (Å²) in [6.07, 6.45) is 0.182. The van der Waals surface area contributed by atoms with Gasteiger partial charge in [0.25, 0.3) is 0 Å². The number of hydrogen-bond acceptors (Lipinski definition) is 3. The first-order chi connectivity index (χ1) is 11.3. The second kappa shape index (κ2) is 7.97. The summed E-state index contributed by atoms with van der Waals surface area (Å²) in [6.45, 7) is 1.88. The van der Waals surface area contributed by atoms with Crippen molar-refractivity contribution in [1.82, 2.24) is 4.90 Å². The van der Waals surface area contributed by atoms with Crippen molar-refractivity contribution in [2.75, 3.05) is 18.9 Å². The third-order valence-corrected chi connectivity index (χ3v) is 4.05. The summed E-state index contributed by atoms with van der Waals surface area (Å²) in [5.41, 5.74) is 2.45. The standard InChI is InChI=1S/C18H19BrN2O3/c1-12-9-14(19)5-8-16(12)20-17(23)11-21(2)18(24)10-13-3-6-15(22)7-4-13/h3-9,22H,10-11H2,1-2H3,(H,20,23). The number of phenolic OH excluding ortho intramolecular Hbond substituents is 1. The number of nitrogens with one attached hydrogen (secondary N) is 1. The van der Waals surface area contributed by atoms with Gasteiger partial charge in [-0.15, -0.1) is 0 Å². The number of anilines is 1. The van der Waals surface area contributed by atoms with Gasteiger partial charge < -0.3 is 15.3 Å². The van der Waals surface area contributed by atoms with E-state index in [2.05, 4.69) is 21.2 Å². The number of aromatic hydroxyl groups is 1. The lowest BCUT2D eigenvalue weighted by atomic mass is 10.1. The van der Waals surface area contributed by atoms with Crippen LogP contribution in [0.2, 0.25) is 0 Å². The van der Waals surface area contributed by atoms with Gasteiger partial charge in [-0.2, -0.15) is 0 Å². The molecule has 2 aromatic carbocycles. The quantitative estimate of drug-likeness (QED) is 0.823. The maximum absolute atomic E-state index is 12.2. The van der Waals surface area contributed by atoms with Crippen molar-refractivity contribution in [1.29, 1.82) is 0 Å². The van der Waals surface area contributed by atoms with Gasteiger partial charge in [0.15, 0.2) is 0 Å². The summed E-state index contributed by atoms with van der Waals surface area (Å²) in [5, 5.41) is 12.1. The van der Waals surface area contributed by atoms with Crippen molar-refractivity contribution in [2.24, 2.45) is 0 Å². The smallest absolute Gasteiger partial charge is 0.243 e. The Labute approximate surface area is 149 Å². The number of rotatable bonds is 5. The van der Waals surface area contributed by atoms with Crippen LogP contribution in [-0.4, -0.2) is 35.4 Å². The molecule has 24 heavy (non-hydrogen) atoms. The van der Waals surface area contributed by atoms with E-state index in [1.165, 1.54) is 17.0 Å². The fourth-order valence-electron chi connectivity index (χ4n) is 2.18. The fraction of sp³-hybridized carbons (Fsp3) is 0.222. The van der Waals surface area contributed by atoms with Crippen LogP contribution in [0, 0.1) is 6.92 Å². The summed E-state index contributed by atoms with van der Waals surface area (Å²) >= 11 is 3.38. The molecule has 0 aliphatic heterocycles. The van der Waals surface area contributed by atoms with Gasteiger partial charge in [-0.3, -0.25) is 9.59 Å². The molecule has 2 N–H and O–H groups in total. The number of aryl methyl sites for hydroxylation is 1. The minimum Gasteiger partial charge on any atom is -0.508 e. The van der Waals surface area contributed by atoms with Crippen molar-refractivity contribution in [3.8, 4) is 5.75 Å². The SMILES string of the molecule is Cc1cc(Br)ccc1NC(=O)CN(C)C(=O)Cc1ccc(O)cc1. The lowest BCUT2D eigenvalue weighted by molar-refractivity contribution is -0.132. The van der Waals surface area contributed by atoms with Gasteiger partial charge in [0.1, 0.15) is 5.75 Å². The highest BCUT2D eigenvalue weighted by Crippen LogP contribution is 2.20. The van der Waals surface area contributed by atoms with Gasteiger partial charge in [-0.1, -0.05) is 28.1 Å². The summed E-state index contributed by atoms with van der Waals surface area (Å²) < 4.78 is 0.944. The Hall–Kier alpha value is -2.34. The molecule has 2 amide bonds. The molecule has 0 fully saturated rings. The monoisotopic (exact) mass is 390 g/mol. The zero-order valence-corrected chi connectivity index (χ0v) is 15.1. The predicted molar refractivity (Wildman–Crippen MR) is 97.0 cm³/mol. The van der Waals surface area contributed by atoms with E-state index in [4.69, 9.17) is 0 Å². The van der Waals surface area contributed by atoms with E-state index >= 15 is 0 Å². The first-order valence-electron chi connectivity index (χ1n) is 7.43. The van der Waals surface area contributed by atoms with Crippen molar-refractivity contribution in [3.63, 3.8) is 0 Å². The molecule has 2 aromatic rings. The van der Waals surface area contributed by atoms with Crippen molar-refractivity contribution >= 4 is 33.4 Å². The van der Waals surface area contributed by atoms with Gasteiger partial charge in [-0.25, -0.2) is 0 Å². The number of benzene rings is 2. The molecule has 0 aliphatic carbocycles. The molecule has 0 saturated heterocycles.